The van der Waals surface area contributed by atoms with Gasteiger partial charge in [0.1, 0.15) is 0 Å². The number of rotatable bonds is 4. The zero-order chi connectivity index (χ0) is 17.8. The van der Waals surface area contributed by atoms with Crippen molar-refractivity contribution >= 4 is 50.7 Å². The van der Waals surface area contributed by atoms with Crippen LogP contribution in [0.5, 0.6) is 0 Å². The molecule has 1 heterocycles. The maximum absolute atomic E-state index is 12.4. The number of carbonyl (C=O) groups is 1. The highest BCUT2D eigenvalue weighted by molar-refractivity contribution is 9.10. The average molecular weight is 442 g/mol. The van der Waals surface area contributed by atoms with Crippen molar-refractivity contribution in [3.8, 4) is 0 Å². The topological polar surface area (TPSA) is 32.3 Å². The quantitative estimate of drug-likeness (QED) is 0.668. The highest BCUT2D eigenvalue weighted by atomic mass is 79.9. The zero-order valence-electron chi connectivity index (χ0n) is 13.6. The summed E-state index contributed by atoms with van der Waals surface area (Å²) < 4.78 is 0.960. The van der Waals surface area contributed by atoms with Gasteiger partial charge in [0.15, 0.2) is 0 Å². The summed E-state index contributed by atoms with van der Waals surface area (Å²) in [5.74, 6) is 0.163. The maximum Gasteiger partial charge on any atom is 0.227 e. The molecule has 3 rings (SSSR count). The summed E-state index contributed by atoms with van der Waals surface area (Å²) in [6.45, 7) is 2.63. The molecule has 3 nitrogen and oxygen atoms in total. The minimum Gasteiger partial charge on any atom is -0.326 e. The van der Waals surface area contributed by atoms with Gasteiger partial charge >= 0.3 is 0 Å². The normalized spacial score (nSPS) is 16.0. The first kappa shape index (κ1) is 18.7. The molecule has 1 aliphatic rings. The molecule has 1 N–H and O–H groups in total. The Morgan fingerprint density at radius 3 is 2.56 bits per heavy atom. The van der Waals surface area contributed by atoms with Crippen molar-refractivity contribution in [2.45, 2.75) is 19.4 Å². The van der Waals surface area contributed by atoms with E-state index in [2.05, 4.69) is 26.1 Å². The van der Waals surface area contributed by atoms with Crippen LogP contribution in [0.1, 0.15) is 18.4 Å². The van der Waals surface area contributed by atoms with E-state index in [0.29, 0.717) is 10.0 Å². The van der Waals surface area contributed by atoms with E-state index < -0.39 is 0 Å². The molecule has 1 amide bonds. The zero-order valence-corrected chi connectivity index (χ0v) is 16.7. The molecule has 25 heavy (non-hydrogen) atoms. The number of nitrogens with zero attached hydrogens (tertiary/aromatic N) is 1. The van der Waals surface area contributed by atoms with E-state index in [4.69, 9.17) is 23.2 Å². The van der Waals surface area contributed by atoms with Gasteiger partial charge in [0.25, 0.3) is 0 Å². The third-order valence-corrected chi connectivity index (χ3v) is 5.67. The third kappa shape index (κ3) is 5.20. The molecule has 0 bridgehead atoms. The predicted molar refractivity (Wildman–Crippen MR) is 107 cm³/mol. The number of likely N-dealkylation sites (tertiary alicyclic amines) is 1. The van der Waals surface area contributed by atoms with Crippen molar-refractivity contribution in [3.63, 3.8) is 0 Å². The molecule has 132 valence electrons. The van der Waals surface area contributed by atoms with Crippen molar-refractivity contribution < 1.29 is 4.79 Å². The molecule has 2 aromatic rings. The molecule has 0 saturated carbocycles. The van der Waals surface area contributed by atoms with Gasteiger partial charge in [-0.3, -0.25) is 9.69 Å². The lowest BCUT2D eigenvalue weighted by atomic mass is 9.95. The Bertz CT molecular complexity index is 761. The lowest BCUT2D eigenvalue weighted by molar-refractivity contribution is -0.121. The molecule has 1 aliphatic heterocycles. The van der Waals surface area contributed by atoms with Crippen molar-refractivity contribution in [3.05, 3.63) is 62.5 Å². The fourth-order valence-electron chi connectivity index (χ4n) is 3.06. The van der Waals surface area contributed by atoms with Gasteiger partial charge in [0.2, 0.25) is 5.91 Å². The Balaban J connectivity index is 1.51. The fraction of sp³-hybridized carbons (Fsp3) is 0.316. The summed E-state index contributed by atoms with van der Waals surface area (Å²) in [6.07, 6.45) is 1.72. The number of nitrogens with one attached hydrogen (secondary N) is 1. The maximum atomic E-state index is 12.4. The Morgan fingerprint density at radius 2 is 1.88 bits per heavy atom. The number of hydrogen-bond acceptors (Lipinski definition) is 2. The SMILES string of the molecule is O=C(Nc1cccc(Br)c1)C1CCN(Cc2ccc(Cl)c(Cl)c2)CC1. The molecule has 1 fully saturated rings. The summed E-state index contributed by atoms with van der Waals surface area (Å²) in [6, 6.07) is 13.4. The molecule has 1 saturated heterocycles. The van der Waals surface area contributed by atoms with Crippen LogP contribution in [-0.4, -0.2) is 23.9 Å². The summed E-state index contributed by atoms with van der Waals surface area (Å²) in [5, 5.41) is 4.17. The van der Waals surface area contributed by atoms with Crippen LogP contribution in [0.25, 0.3) is 0 Å². The Labute approximate surface area is 166 Å². The number of anilines is 1. The van der Waals surface area contributed by atoms with E-state index in [9.17, 15) is 4.79 Å². The van der Waals surface area contributed by atoms with Crippen molar-refractivity contribution in [1.82, 2.24) is 4.90 Å². The number of carbonyl (C=O) groups excluding carboxylic acids is 1. The van der Waals surface area contributed by atoms with Crippen molar-refractivity contribution in [2.75, 3.05) is 18.4 Å². The third-order valence-electron chi connectivity index (χ3n) is 4.44. The van der Waals surface area contributed by atoms with Crippen LogP contribution < -0.4 is 5.32 Å². The molecule has 6 heteroatoms. The number of halogens is 3. The second-order valence-corrected chi connectivity index (χ2v) is 8.03. The second kappa shape index (κ2) is 8.54. The minimum absolute atomic E-state index is 0.0593. The summed E-state index contributed by atoms with van der Waals surface area (Å²) in [7, 11) is 0. The molecule has 0 unspecified atom stereocenters. The van der Waals surface area contributed by atoms with Crippen LogP contribution in [0.3, 0.4) is 0 Å². The van der Waals surface area contributed by atoms with Gasteiger partial charge in [-0.2, -0.15) is 0 Å². The number of piperidine rings is 1. The highest BCUT2D eigenvalue weighted by Gasteiger charge is 2.25. The van der Waals surface area contributed by atoms with E-state index in [1.54, 1.807) is 0 Å². The molecule has 0 radical (unpaired) electrons. The van der Waals surface area contributed by atoms with Crippen LogP contribution >= 0.6 is 39.1 Å². The standard InChI is InChI=1S/C19H19BrCl2N2O/c20-15-2-1-3-16(11-15)23-19(25)14-6-8-24(9-7-14)12-13-4-5-17(21)18(22)10-13/h1-5,10-11,14H,6-9,12H2,(H,23,25). The van der Waals surface area contributed by atoms with Crippen LogP contribution in [0, 0.1) is 5.92 Å². The molecule has 0 spiro atoms. The lowest BCUT2D eigenvalue weighted by Crippen LogP contribution is -2.37. The Morgan fingerprint density at radius 1 is 1.12 bits per heavy atom. The smallest absolute Gasteiger partial charge is 0.227 e. The van der Waals surface area contributed by atoms with E-state index in [-0.39, 0.29) is 11.8 Å². The first-order chi connectivity index (χ1) is 12.0. The lowest BCUT2D eigenvalue weighted by Gasteiger charge is -2.31. The van der Waals surface area contributed by atoms with Gasteiger partial charge in [0.05, 0.1) is 10.0 Å². The first-order valence-corrected chi connectivity index (χ1v) is 9.79. The molecule has 0 atom stereocenters. The minimum atomic E-state index is 0.0593. The number of benzene rings is 2. The molecule has 2 aromatic carbocycles. The van der Waals surface area contributed by atoms with Crippen LogP contribution in [0.4, 0.5) is 5.69 Å². The summed E-state index contributed by atoms with van der Waals surface area (Å²) in [4.78, 5) is 14.8. The van der Waals surface area contributed by atoms with Crippen molar-refractivity contribution in [1.29, 1.82) is 0 Å². The first-order valence-electron chi connectivity index (χ1n) is 8.24. The molecular weight excluding hydrogens is 423 g/mol. The van der Waals surface area contributed by atoms with E-state index >= 15 is 0 Å². The van der Waals surface area contributed by atoms with Gasteiger partial charge in [-0.1, -0.05) is 51.3 Å². The monoisotopic (exact) mass is 440 g/mol. The number of hydrogen-bond donors (Lipinski definition) is 1. The Kier molecular flexibility index (Phi) is 6.39. The van der Waals surface area contributed by atoms with Gasteiger partial charge in [0, 0.05) is 22.6 Å². The van der Waals surface area contributed by atoms with Gasteiger partial charge in [-0.25, -0.2) is 0 Å². The molecule has 0 aliphatic carbocycles. The Hall–Kier alpha value is -1.07. The summed E-state index contributed by atoms with van der Waals surface area (Å²) in [5.41, 5.74) is 1.98. The average Bonchev–Trinajstić information content (AvgIpc) is 2.59. The largest absolute Gasteiger partial charge is 0.326 e. The van der Waals surface area contributed by atoms with Crippen LogP contribution in [0.15, 0.2) is 46.9 Å². The van der Waals surface area contributed by atoms with E-state index in [0.717, 1.165) is 48.2 Å². The van der Waals surface area contributed by atoms with Gasteiger partial charge in [-0.15, -0.1) is 0 Å². The van der Waals surface area contributed by atoms with E-state index in [1.165, 1.54) is 0 Å². The van der Waals surface area contributed by atoms with Crippen LogP contribution in [0.2, 0.25) is 10.0 Å². The molecule has 0 aromatic heterocycles. The second-order valence-electron chi connectivity index (χ2n) is 6.30. The van der Waals surface area contributed by atoms with Gasteiger partial charge < -0.3 is 5.32 Å². The summed E-state index contributed by atoms with van der Waals surface area (Å²) >= 11 is 15.5. The van der Waals surface area contributed by atoms with E-state index in [1.807, 2.05) is 42.5 Å². The highest BCUT2D eigenvalue weighted by Crippen LogP contribution is 2.25. The number of amides is 1. The fourth-order valence-corrected chi connectivity index (χ4v) is 3.78. The van der Waals surface area contributed by atoms with Gasteiger partial charge in [-0.05, 0) is 61.8 Å². The van der Waals surface area contributed by atoms with Crippen molar-refractivity contribution in [2.24, 2.45) is 5.92 Å². The molecular formula is C19H19BrCl2N2O. The predicted octanol–water partition coefficient (Wildman–Crippen LogP) is 5.61. The van der Waals surface area contributed by atoms with Crippen LogP contribution in [-0.2, 0) is 11.3 Å².